The summed E-state index contributed by atoms with van der Waals surface area (Å²) in [4.78, 5) is 25.6. The molecule has 1 unspecified atom stereocenters. The number of aromatic nitrogens is 2. The second-order valence-corrected chi connectivity index (χ2v) is 4.62. The van der Waals surface area contributed by atoms with Crippen molar-refractivity contribution in [2.75, 3.05) is 13.2 Å². The molecule has 2 heterocycles. The molecule has 8 heteroatoms. The number of H-pyrrole nitrogens is 1. The number of nitrogens with zero attached hydrogens (tertiary/aromatic N) is 1. The predicted molar refractivity (Wildman–Crippen MR) is 71.5 cm³/mol. The summed E-state index contributed by atoms with van der Waals surface area (Å²) in [5.74, 6) is 5.00. The molecule has 0 spiro atoms. The zero-order valence-corrected chi connectivity index (χ0v) is 11.2. The van der Waals surface area contributed by atoms with Gasteiger partial charge in [-0.2, -0.15) is 0 Å². The molecule has 0 amide bonds. The highest BCUT2D eigenvalue weighted by Gasteiger charge is 2.35. The minimum Gasteiger partial charge on any atom is -0.394 e. The van der Waals surface area contributed by atoms with Gasteiger partial charge in [-0.3, -0.25) is 14.3 Å². The van der Waals surface area contributed by atoms with Gasteiger partial charge in [0.2, 0.25) is 0 Å². The highest BCUT2D eigenvalue weighted by atomic mass is 16.5. The maximum absolute atomic E-state index is 11.8. The Morgan fingerprint density at radius 3 is 2.76 bits per heavy atom. The maximum atomic E-state index is 11.8. The third-order valence-electron chi connectivity index (χ3n) is 3.22. The van der Waals surface area contributed by atoms with Crippen LogP contribution in [0.15, 0.2) is 15.8 Å². The van der Waals surface area contributed by atoms with Gasteiger partial charge in [0.25, 0.3) is 5.56 Å². The average Bonchev–Trinajstić information content (AvgIpc) is 2.82. The fourth-order valence-electron chi connectivity index (χ4n) is 2.13. The van der Waals surface area contributed by atoms with Crippen molar-refractivity contribution in [2.45, 2.75) is 31.3 Å². The summed E-state index contributed by atoms with van der Waals surface area (Å²) in [6, 6.07) is 0. The van der Waals surface area contributed by atoms with Crippen LogP contribution in [0.3, 0.4) is 0 Å². The van der Waals surface area contributed by atoms with Crippen molar-refractivity contribution in [3.63, 3.8) is 0 Å². The van der Waals surface area contributed by atoms with Gasteiger partial charge in [0, 0.05) is 24.6 Å². The largest absolute Gasteiger partial charge is 0.394 e. The summed E-state index contributed by atoms with van der Waals surface area (Å²) in [5.41, 5.74) is -0.962. The molecule has 8 nitrogen and oxygen atoms in total. The van der Waals surface area contributed by atoms with E-state index in [1.54, 1.807) is 0 Å². The molecule has 0 bridgehead atoms. The average molecular weight is 296 g/mol. The fraction of sp³-hybridized carbons (Fsp3) is 0.538. The predicted octanol–water partition coefficient (Wildman–Crippen LogP) is -2.28. The van der Waals surface area contributed by atoms with Gasteiger partial charge in [0.05, 0.1) is 12.7 Å². The molecule has 1 saturated heterocycles. The van der Waals surface area contributed by atoms with Crippen LogP contribution in [0.25, 0.3) is 0 Å². The normalized spacial score (nSPS) is 24.6. The van der Waals surface area contributed by atoms with E-state index in [-0.39, 0.29) is 31.6 Å². The lowest BCUT2D eigenvalue weighted by molar-refractivity contribution is -0.0459. The number of aliphatic hydroxyl groups is 3. The Labute approximate surface area is 119 Å². The zero-order valence-electron chi connectivity index (χ0n) is 11.2. The van der Waals surface area contributed by atoms with Crippen molar-refractivity contribution < 1.29 is 20.1 Å². The van der Waals surface area contributed by atoms with Crippen LogP contribution in [-0.2, 0) is 11.2 Å². The molecule has 1 aliphatic heterocycles. The van der Waals surface area contributed by atoms with Gasteiger partial charge in [0.1, 0.15) is 18.9 Å². The molecule has 0 aliphatic carbocycles. The van der Waals surface area contributed by atoms with Gasteiger partial charge in [-0.15, -0.1) is 0 Å². The molecule has 0 aromatic carbocycles. The van der Waals surface area contributed by atoms with E-state index < -0.39 is 29.7 Å². The first-order valence-corrected chi connectivity index (χ1v) is 6.42. The molecular weight excluding hydrogens is 280 g/mol. The van der Waals surface area contributed by atoms with E-state index in [1.807, 2.05) is 0 Å². The van der Waals surface area contributed by atoms with E-state index >= 15 is 0 Å². The molecule has 1 fully saturated rings. The standard InChI is InChI=1S/C13H16N2O6/c16-4-2-1-3-8-6-15(13(20)14-12(8)19)11-5-9(18)10(7-17)21-11/h6,9-11,16-18H,3-5,7H2,(H,14,19,20)/t9?,10-,11-/m0/s1. The Kier molecular flexibility index (Phi) is 4.93. The third-order valence-corrected chi connectivity index (χ3v) is 3.22. The zero-order chi connectivity index (χ0) is 15.4. The minimum absolute atomic E-state index is 0.0782. The molecule has 3 atom stereocenters. The van der Waals surface area contributed by atoms with Crippen LogP contribution in [0.4, 0.5) is 0 Å². The molecule has 1 aromatic heterocycles. The molecule has 0 saturated carbocycles. The summed E-state index contributed by atoms with van der Waals surface area (Å²) in [7, 11) is 0. The second kappa shape index (κ2) is 6.69. The van der Waals surface area contributed by atoms with Crippen LogP contribution in [-0.4, -0.2) is 50.3 Å². The monoisotopic (exact) mass is 296 g/mol. The van der Waals surface area contributed by atoms with E-state index in [4.69, 9.17) is 14.9 Å². The van der Waals surface area contributed by atoms with E-state index in [9.17, 15) is 14.7 Å². The van der Waals surface area contributed by atoms with Gasteiger partial charge in [0.15, 0.2) is 0 Å². The van der Waals surface area contributed by atoms with E-state index in [0.717, 1.165) is 4.57 Å². The van der Waals surface area contributed by atoms with Gasteiger partial charge in [-0.05, 0) is 0 Å². The lowest BCUT2D eigenvalue weighted by atomic mass is 10.2. The van der Waals surface area contributed by atoms with Crippen LogP contribution in [0, 0.1) is 11.8 Å². The Morgan fingerprint density at radius 1 is 1.38 bits per heavy atom. The van der Waals surface area contributed by atoms with Gasteiger partial charge in [-0.1, -0.05) is 11.8 Å². The molecule has 0 radical (unpaired) electrons. The summed E-state index contributed by atoms with van der Waals surface area (Å²) < 4.78 is 6.54. The first-order valence-electron chi connectivity index (χ1n) is 6.42. The van der Waals surface area contributed by atoms with Crippen molar-refractivity contribution in [1.29, 1.82) is 0 Å². The van der Waals surface area contributed by atoms with Crippen molar-refractivity contribution >= 4 is 0 Å². The first-order chi connectivity index (χ1) is 10.1. The topological polar surface area (TPSA) is 125 Å². The number of aliphatic hydroxyl groups excluding tert-OH is 3. The molecule has 2 rings (SSSR count). The van der Waals surface area contributed by atoms with Gasteiger partial charge >= 0.3 is 5.69 Å². The number of nitrogens with one attached hydrogen (secondary N) is 1. The Morgan fingerprint density at radius 2 is 2.14 bits per heavy atom. The van der Waals surface area contributed by atoms with Crippen molar-refractivity contribution in [2.24, 2.45) is 0 Å². The molecular formula is C13H16N2O6. The molecule has 4 N–H and O–H groups in total. The Balaban J connectivity index is 2.30. The van der Waals surface area contributed by atoms with E-state index in [0.29, 0.717) is 0 Å². The summed E-state index contributed by atoms with van der Waals surface area (Å²) in [6.07, 6.45) is -0.855. The smallest absolute Gasteiger partial charge is 0.330 e. The van der Waals surface area contributed by atoms with Crippen molar-refractivity contribution in [1.82, 2.24) is 9.55 Å². The molecule has 114 valence electrons. The summed E-state index contributed by atoms with van der Waals surface area (Å²) in [6.45, 7) is -0.668. The second-order valence-electron chi connectivity index (χ2n) is 4.62. The molecule has 21 heavy (non-hydrogen) atoms. The van der Waals surface area contributed by atoms with Gasteiger partial charge < -0.3 is 20.1 Å². The molecule has 1 aliphatic rings. The summed E-state index contributed by atoms with van der Waals surface area (Å²) in [5, 5.41) is 27.3. The number of aromatic amines is 1. The van der Waals surface area contributed by atoms with Crippen molar-refractivity contribution in [3.05, 3.63) is 32.6 Å². The Bertz CT molecular complexity index is 668. The number of hydrogen-bond acceptors (Lipinski definition) is 6. The lowest BCUT2D eigenvalue weighted by Crippen LogP contribution is -2.34. The van der Waals surface area contributed by atoms with Crippen LogP contribution < -0.4 is 11.2 Å². The van der Waals surface area contributed by atoms with Crippen LogP contribution in [0.5, 0.6) is 0 Å². The highest BCUT2D eigenvalue weighted by Crippen LogP contribution is 2.27. The van der Waals surface area contributed by atoms with E-state index in [2.05, 4.69) is 16.8 Å². The summed E-state index contributed by atoms with van der Waals surface area (Å²) >= 11 is 0. The number of rotatable bonds is 3. The lowest BCUT2D eigenvalue weighted by Gasteiger charge is -2.14. The highest BCUT2D eigenvalue weighted by molar-refractivity contribution is 5.15. The minimum atomic E-state index is -0.878. The first kappa shape index (κ1) is 15.5. The fourth-order valence-corrected chi connectivity index (χ4v) is 2.13. The SMILES string of the molecule is O=c1[nH]c(=O)n([C@@H]2CC(O)[C@H](CO)O2)cc1CC#CCO. The number of hydrogen-bond donors (Lipinski definition) is 4. The van der Waals surface area contributed by atoms with E-state index in [1.165, 1.54) is 6.20 Å². The van der Waals surface area contributed by atoms with Crippen LogP contribution >= 0.6 is 0 Å². The van der Waals surface area contributed by atoms with Crippen LogP contribution in [0.2, 0.25) is 0 Å². The third kappa shape index (κ3) is 3.40. The van der Waals surface area contributed by atoms with Crippen molar-refractivity contribution in [3.8, 4) is 11.8 Å². The van der Waals surface area contributed by atoms with Gasteiger partial charge in [-0.25, -0.2) is 4.79 Å². The number of ether oxygens (including phenoxy) is 1. The maximum Gasteiger partial charge on any atom is 0.330 e. The van der Waals surface area contributed by atoms with Crippen LogP contribution in [0.1, 0.15) is 18.2 Å². The Hall–Kier alpha value is -1.92. The quantitative estimate of drug-likeness (QED) is 0.466. The molecule has 1 aromatic rings.